The molecule has 2 rings (SSSR count). The summed E-state index contributed by atoms with van der Waals surface area (Å²) < 4.78 is 11.4. The van der Waals surface area contributed by atoms with Crippen LogP contribution in [0.25, 0.3) is 0 Å². The molecule has 6 nitrogen and oxygen atoms in total. The van der Waals surface area contributed by atoms with Gasteiger partial charge in [0.15, 0.2) is 17.5 Å². The largest absolute Gasteiger partial charge is 0.490 e. The molecule has 1 aromatic carbocycles. The smallest absolute Gasteiger partial charge is 0.219 e. The van der Waals surface area contributed by atoms with Gasteiger partial charge in [-0.2, -0.15) is 0 Å². The standard InChI is InChI=1S/C21H30N4O2.HI/c1-3-5-6-9-14-23-21(22)25-16-17-12-13-20(24-15-17)27-19-11-8-7-10-18(19)26-4-2;/h7-8,10-13,15H,3-6,9,14,16H2,1-2H3,(H3,22,23,25);1H. The van der Waals surface area contributed by atoms with Crippen LogP contribution in [0.2, 0.25) is 0 Å². The van der Waals surface area contributed by atoms with Gasteiger partial charge in [-0.25, -0.2) is 9.98 Å². The molecule has 28 heavy (non-hydrogen) atoms. The van der Waals surface area contributed by atoms with E-state index in [9.17, 15) is 0 Å². The summed E-state index contributed by atoms with van der Waals surface area (Å²) in [4.78, 5) is 8.69. The Labute approximate surface area is 185 Å². The number of nitrogens with two attached hydrogens (primary N) is 1. The van der Waals surface area contributed by atoms with Gasteiger partial charge < -0.3 is 20.5 Å². The van der Waals surface area contributed by atoms with E-state index in [0.29, 0.717) is 36.5 Å². The van der Waals surface area contributed by atoms with Crippen molar-refractivity contribution in [1.82, 2.24) is 10.3 Å². The molecule has 2 aromatic rings. The molecule has 0 aliphatic heterocycles. The number of benzene rings is 1. The molecule has 0 aliphatic carbocycles. The highest BCUT2D eigenvalue weighted by atomic mass is 127. The van der Waals surface area contributed by atoms with Crippen LogP contribution in [0.3, 0.4) is 0 Å². The number of pyridine rings is 1. The second kappa shape index (κ2) is 14.0. The fraction of sp³-hybridized carbons (Fsp3) is 0.429. The Kier molecular flexibility index (Phi) is 12.0. The molecule has 0 unspecified atom stereocenters. The van der Waals surface area contributed by atoms with E-state index in [-0.39, 0.29) is 24.0 Å². The summed E-state index contributed by atoms with van der Waals surface area (Å²) in [6, 6.07) is 11.3. The van der Waals surface area contributed by atoms with Crippen LogP contribution in [-0.2, 0) is 6.54 Å². The molecule has 0 saturated carbocycles. The zero-order valence-electron chi connectivity index (χ0n) is 16.7. The van der Waals surface area contributed by atoms with E-state index in [1.54, 1.807) is 6.20 Å². The SMILES string of the molecule is CCCCCCNC(N)=NCc1ccc(Oc2ccccc2OCC)nc1.I. The van der Waals surface area contributed by atoms with Crippen LogP contribution in [0.4, 0.5) is 0 Å². The molecule has 0 amide bonds. The highest BCUT2D eigenvalue weighted by Gasteiger charge is 2.06. The van der Waals surface area contributed by atoms with E-state index in [1.807, 2.05) is 43.3 Å². The Morgan fingerprint density at radius 1 is 1.07 bits per heavy atom. The molecule has 3 N–H and O–H groups in total. The number of hydrogen-bond donors (Lipinski definition) is 2. The number of guanidine groups is 1. The molecule has 7 heteroatoms. The Bertz CT molecular complexity index is 708. The quantitative estimate of drug-likeness (QED) is 0.200. The number of nitrogens with one attached hydrogen (secondary N) is 1. The first-order valence-corrected chi connectivity index (χ1v) is 9.61. The topological polar surface area (TPSA) is 81.8 Å². The Hall–Kier alpha value is -2.03. The molecule has 154 valence electrons. The summed E-state index contributed by atoms with van der Waals surface area (Å²) >= 11 is 0. The van der Waals surface area contributed by atoms with Crippen molar-refractivity contribution in [3.63, 3.8) is 0 Å². The van der Waals surface area contributed by atoms with Crippen LogP contribution >= 0.6 is 24.0 Å². The van der Waals surface area contributed by atoms with Gasteiger partial charge in [-0.1, -0.05) is 44.4 Å². The number of halogens is 1. The molecule has 1 heterocycles. The normalized spacial score (nSPS) is 10.9. The van der Waals surface area contributed by atoms with Crippen molar-refractivity contribution in [3.8, 4) is 17.4 Å². The van der Waals surface area contributed by atoms with Gasteiger partial charge in [0.05, 0.1) is 13.2 Å². The highest BCUT2D eigenvalue weighted by Crippen LogP contribution is 2.30. The predicted octanol–water partition coefficient (Wildman–Crippen LogP) is 4.88. The van der Waals surface area contributed by atoms with E-state index in [1.165, 1.54) is 19.3 Å². The lowest BCUT2D eigenvalue weighted by Gasteiger charge is -2.10. The van der Waals surface area contributed by atoms with E-state index < -0.39 is 0 Å². The minimum absolute atomic E-state index is 0. The first-order chi connectivity index (χ1) is 13.2. The molecule has 0 aliphatic rings. The average Bonchev–Trinajstić information content (AvgIpc) is 2.69. The van der Waals surface area contributed by atoms with E-state index in [4.69, 9.17) is 15.2 Å². The van der Waals surface area contributed by atoms with Crippen LogP contribution in [0.1, 0.15) is 45.1 Å². The third-order valence-corrected chi connectivity index (χ3v) is 3.93. The van der Waals surface area contributed by atoms with E-state index in [0.717, 1.165) is 18.5 Å². The van der Waals surface area contributed by atoms with Gasteiger partial charge in [0.2, 0.25) is 5.88 Å². The highest BCUT2D eigenvalue weighted by molar-refractivity contribution is 14.0. The Balaban J connectivity index is 0.00000392. The fourth-order valence-electron chi connectivity index (χ4n) is 2.49. The maximum atomic E-state index is 5.89. The van der Waals surface area contributed by atoms with Crippen molar-refractivity contribution in [2.75, 3.05) is 13.2 Å². The Morgan fingerprint density at radius 3 is 2.54 bits per heavy atom. The number of ether oxygens (including phenoxy) is 2. The first-order valence-electron chi connectivity index (χ1n) is 9.61. The molecular weight excluding hydrogens is 467 g/mol. The summed E-state index contributed by atoms with van der Waals surface area (Å²) in [5, 5.41) is 3.14. The molecule has 0 bridgehead atoms. The number of hydrogen-bond acceptors (Lipinski definition) is 4. The summed E-state index contributed by atoms with van der Waals surface area (Å²) in [5.41, 5.74) is 6.86. The van der Waals surface area contributed by atoms with Crippen molar-refractivity contribution in [2.45, 2.75) is 46.1 Å². The number of unbranched alkanes of at least 4 members (excludes halogenated alkanes) is 3. The summed E-state index contributed by atoms with van der Waals surface area (Å²) in [6.45, 7) is 6.07. The fourth-order valence-corrected chi connectivity index (χ4v) is 2.49. The lowest BCUT2D eigenvalue weighted by atomic mass is 10.2. The molecule has 0 fully saturated rings. The summed E-state index contributed by atoms with van der Waals surface area (Å²) in [6.07, 6.45) is 6.56. The Morgan fingerprint density at radius 2 is 1.86 bits per heavy atom. The molecule has 0 radical (unpaired) electrons. The monoisotopic (exact) mass is 498 g/mol. The predicted molar refractivity (Wildman–Crippen MR) is 125 cm³/mol. The minimum atomic E-state index is 0. The summed E-state index contributed by atoms with van der Waals surface area (Å²) in [5.74, 6) is 2.33. The van der Waals surface area contributed by atoms with E-state index >= 15 is 0 Å². The lowest BCUT2D eigenvalue weighted by molar-refractivity contribution is 0.319. The molecule has 0 atom stereocenters. The lowest BCUT2D eigenvalue weighted by Crippen LogP contribution is -2.32. The number of aromatic nitrogens is 1. The maximum Gasteiger partial charge on any atom is 0.219 e. The average molecular weight is 498 g/mol. The zero-order chi connectivity index (χ0) is 19.3. The number of rotatable bonds is 11. The van der Waals surface area contributed by atoms with E-state index in [2.05, 4.69) is 22.2 Å². The number of para-hydroxylation sites is 2. The van der Waals surface area contributed by atoms with Crippen molar-refractivity contribution >= 4 is 29.9 Å². The molecule has 0 spiro atoms. The van der Waals surface area contributed by atoms with Crippen LogP contribution in [0, 0.1) is 0 Å². The van der Waals surface area contributed by atoms with Gasteiger partial charge in [0.25, 0.3) is 0 Å². The number of nitrogens with zero attached hydrogens (tertiary/aromatic N) is 2. The third-order valence-electron chi connectivity index (χ3n) is 3.93. The first kappa shape index (κ1) is 24.0. The number of aliphatic imine (C=N–C) groups is 1. The van der Waals surface area contributed by atoms with Crippen LogP contribution in [0.5, 0.6) is 17.4 Å². The van der Waals surface area contributed by atoms with Crippen molar-refractivity contribution < 1.29 is 9.47 Å². The van der Waals surface area contributed by atoms with Gasteiger partial charge in [0, 0.05) is 18.8 Å². The van der Waals surface area contributed by atoms with Crippen LogP contribution < -0.4 is 20.5 Å². The van der Waals surface area contributed by atoms with Crippen molar-refractivity contribution in [3.05, 3.63) is 48.2 Å². The minimum Gasteiger partial charge on any atom is -0.490 e. The van der Waals surface area contributed by atoms with Gasteiger partial charge in [0.1, 0.15) is 0 Å². The molecule has 0 saturated heterocycles. The van der Waals surface area contributed by atoms with Crippen molar-refractivity contribution in [1.29, 1.82) is 0 Å². The zero-order valence-corrected chi connectivity index (χ0v) is 19.0. The van der Waals surface area contributed by atoms with Gasteiger partial charge in [-0.05, 0) is 31.0 Å². The third kappa shape index (κ3) is 8.77. The van der Waals surface area contributed by atoms with Crippen LogP contribution in [0.15, 0.2) is 47.6 Å². The van der Waals surface area contributed by atoms with Gasteiger partial charge >= 0.3 is 0 Å². The van der Waals surface area contributed by atoms with Crippen LogP contribution in [-0.4, -0.2) is 24.1 Å². The van der Waals surface area contributed by atoms with Crippen molar-refractivity contribution in [2.24, 2.45) is 10.7 Å². The maximum absolute atomic E-state index is 5.89. The second-order valence-corrected chi connectivity index (χ2v) is 6.18. The summed E-state index contributed by atoms with van der Waals surface area (Å²) in [7, 11) is 0. The second-order valence-electron chi connectivity index (χ2n) is 6.18. The van der Waals surface area contributed by atoms with Gasteiger partial charge in [-0.3, -0.25) is 0 Å². The van der Waals surface area contributed by atoms with Gasteiger partial charge in [-0.15, -0.1) is 24.0 Å². The molecular formula is C21H31IN4O2. The molecule has 1 aromatic heterocycles.